The molecule has 2 saturated carbocycles. The molecule has 0 amide bonds. The van der Waals surface area contributed by atoms with Gasteiger partial charge in [-0.05, 0) is 80.5 Å². The standard InChI is InChI=1S/C25H40O4/c1-5-7-17-13-19(9-11-21(17)28-23-15-26-23)25(3,4)20-10-12-22(29-24-16-27-24)18(14-20)8-6-2/h5-6,17-24H,1-2,7-16H2,3-4H3. The van der Waals surface area contributed by atoms with E-state index >= 15 is 0 Å². The lowest BCUT2D eigenvalue weighted by atomic mass is 9.57. The predicted molar refractivity (Wildman–Crippen MR) is 114 cm³/mol. The van der Waals surface area contributed by atoms with Gasteiger partial charge in [-0.3, -0.25) is 0 Å². The number of epoxide rings is 2. The van der Waals surface area contributed by atoms with Gasteiger partial charge in [0.25, 0.3) is 0 Å². The van der Waals surface area contributed by atoms with Crippen LogP contribution in [0.1, 0.15) is 65.2 Å². The van der Waals surface area contributed by atoms with Crippen LogP contribution < -0.4 is 0 Å². The first-order valence-corrected chi connectivity index (χ1v) is 11.8. The van der Waals surface area contributed by atoms with Gasteiger partial charge in [0.15, 0.2) is 12.6 Å². The summed E-state index contributed by atoms with van der Waals surface area (Å²) in [6.45, 7) is 14.6. The zero-order valence-electron chi connectivity index (χ0n) is 18.4. The summed E-state index contributed by atoms with van der Waals surface area (Å²) in [6, 6.07) is 0. The van der Waals surface area contributed by atoms with Crippen molar-refractivity contribution >= 4 is 0 Å². The van der Waals surface area contributed by atoms with Crippen molar-refractivity contribution in [1.29, 1.82) is 0 Å². The average Bonchev–Trinajstić information content (AvgIpc) is 3.61. The summed E-state index contributed by atoms with van der Waals surface area (Å²) < 4.78 is 23.0. The van der Waals surface area contributed by atoms with Gasteiger partial charge in [-0.15, -0.1) is 13.2 Å². The van der Waals surface area contributed by atoms with Gasteiger partial charge in [-0.1, -0.05) is 26.0 Å². The van der Waals surface area contributed by atoms with Gasteiger partial charge >= 0.3 is 0 Å². The van der Waals surface area contributed by atoms with Crippen LogP contribution in [-0.4, -0.2) is 38.0 Å². The first kappa shape index (κ1) is 21.5. The van der Waals surface area contributed by atoms with Crippen LogP contribution in [0, 0.1) is 29.1 Å². The molecule has 0 spiro atoms. The van der Waals surface area contributed by atoms with Crippen molar-refractivity contribution in [2.24, 2.45) is 29.1 Å². The molecule has 8 atom stereocenters. The lowest BCUT2D eigenvalue weighted by molar-refractivity contribution is -0.0992. The lowest BCUT2D eigenvalue weighted by Gasteiger charge is -2.50. The smallest absolute Gasteiger partial charge is 0.181 e. The molecule has 0 aromatic heterocycles. The minimum Gasteiger partial charge on any atom is -0.347 e. The van der Waals surface area contributed by atoms with Crippen molar-refractivity contribution < 1.29 is 18.9 Å². The van der Waals surface area contributed by atoms with Crippen molar-refractivity contribution in [1.82, 2.24) is 0 Å². The Labute approximate surface area is 177 Å². The Kier molecular flexibility index (Phi) is 6.85. The molecule has 0 bridgehead atoms. The second-order valence-electron chi connectivity index (χ2n) is 10.3. The molecule has 0 aromatic rings. The monoisotopic (exact) mass is 404 g/mol. The average molecular weight is 405 g/mol. The molecule has 0 radical (unpaired) electrons. The number of hydrogen-bond acceptors (Lipinski definition) is 4. The van der Waals surface area contributed by atoms with E-state index < -0.39 is 0 Å². The van der Waals surface area contributed by atoms with Gasteiger partial charge in [-0.2, -0.15) is 0 Å². The SMILES string of the molecule is C=CCC1CC(C(C)(C)C2CCC(OC3CO3)C(CC=C)C2)CCC1OC1CO1. The molecule has 29 heavy (non-hydrogen) atoms. The zero-order valence-corrected chi connectivity index (χ0v) is 18.4. The van der Waals surface area contributed by atoms with Gasteiger partial charge in [0.2, 0.25) is 0 Å². The van der Waals surface area contributed by atoms with Gasteiger partial charge in [0, 0.05) is 0 Å². The highest BCUT2D eigenvalue weighted by molar-refractivity contribution is 4.97. The summed E-state index contributed by atoms with van der Waals surface area (Å²) in [5, 5.41) is 0. The van der Waals surface area contributed by atoms with E-state index in [0.29, 0.717) is 29.5 Å². The Hall–Kier alpha value is -0.680. The summed E-state index contributed by atoms with van der Waals surface area (Å²) in [7, 11) is 0. The molecule has 4 aliphatic rings. The van der Waals surface area contributed by atoms with E-state index in [1.165, 1.54) is 25.7 Å². The van der Waals surface area contributed by atoms with E-state index in [0.717, 1.165) is 50.7 Å². The molecule has 2 heterocycles. The third-order valence-corrected chi connectivity index (χ3v) is 8.13. The fraction of sp³-hybridized carbons (Fsp3) is 0.840. The van der Waals surface area contributed by atoms with E-state index in [9.17, 15) is 0 Å². The van der Waals surface area contributed by atoms with E-state index in [2.05, 4.69) is 39.2 Å². The van der Waals surface area contributed by atoms with Crippen LogP contribution in [0.15, 0.2) is 25.3 Å². The summed E-state index contributed by atoms with van der Waals surface area (Å²) in [4.78, 5) is 0. The highest BCUT2D eigenvalue weighted by Gasteiger charge is 2.46. The minimum absolute atomic E-state index is 0.0576. The van der Waals surface area contributed by atoms with E-state index in [-0.39, 0.29) is 12.6 Å². The van der Waals surface area contributed by atoms with Crippen molar-refractivity contribution in [3.05, 3.63) is 25.3 Å². The molecule has 0 aromatic carbocycles. The van der Waals surface area contributed by atoms with Crippen LogP contribution >= 0.6 is 0 Å². The first-order chi connectivity index (χ1) is 14.0. The summed E-state index contributed by atoms with van der Waals surface area (Å²) in [5.74, 6) is 2.63. The van der Waals surface area contributed by atoms with Gasteiger partial charge in [-0.25, -0.2) is 0 Å². The van der Waals surface area contributed by atoms with Gasteiger partial charge in [0.1, 0.15) is 13.2 Å². The van der Waals surface area contributed by atoms with Crippen molar-refractivity contribution in [3.63, 3.8) is 0 Å². The fourth-order valence-corrected chi connectivity index (χ4v) is 6.07. The summed E-state index contributed by atoms with van der Waals surface area (Å²) in [5.41, 5.74) is 0.334. The Morgan fingerprint density at radius 1 is 0.793 bits per heavy atom. The van der Waals surface area contributed by atoms with Gasteiger partial charge < -0.3 is 18.9 Å². The molecule has 2 saturated heterocycles. The minimum atomic E-state index is 0.0576. The molecule has 2 aliphatic heterocycles. The molecule has 2 aliphatic carbocycles. The maximum atomic E-state index is 6.17. The molecule has 164 valence electrons. The van der Waals surface area contributed by atoms with E-state index in [1.807, 2.05) is 0 Å². The molecule has 0 N–H and O–H groups in total. The predicted octanol–water partition coefficient (Wildman–Crippen LogP) is 5.48. The van der Waals surface area contributed by atoms with E-state index in [4.69, 9.17) is 18.9 Å². The third-order valence-electron chi connectivity index (χ3n) is 8.13. The van der Waals surface area contributed by atoms with Crippen molar-refractivity contribution in [2.75, 3.05) is 13.2 Å². The summed E-state index contributed by atoms with van der Waals surface area (Å²) in [6.07, 6.45) is 14.4. The Morgan fingerprint density at radius 2 is 1.21 bits per heavy atom. The molecule has 8 unspecified atom stereocenters. The molecular weight excluding hydrogens is 364 g/mol. The maximum absolute atomic E-state index is 6.17. The number of allylic oxidation sites excluding steroid dienone is 2. The summed E-state index contributed by atoms with van der Waals surface area (Å²) >= 11 is 0. The van der Waals surface area contributed by atoms with Crippen LogP contribution in [0.5, 0.6) is 0 Å². The van der Waals surface area contributed by atoms with Crippen LogP contribution in [0.25, 0.3) is 0 Å². The van der Waals surface area contributed by atoms with E-state index in [1.54, 1.807) is 0 Å². The second-order valence-corrected chi connectivity index (χ2v) is 10.3. The fourth-order valence-electron chi connectivity index (χ4n) is 6.07. The third kappa shape index (κ3) is 5.33. The van der Waals surface area contributed by atoms with Crippen LogP contribution in [0.4, 0.5) is 0 Å². The normalized spacial score (nSPS) is 42.3. The van der Waals surface area contributed by atoms with Crippen molar-refractivity contribution in [3.8, 4) is 0 Å². The molecule has 4 fully saturated rings. The van der Waals surface area contributed by atoms with Crippen LogP contribution in [-0.2, 0) is 18.9 Å². The first-order valence-electron chi connectivity index (χ1n) is 11.8. The maximum Gasteiger partial charge on any atom is 0.181 e. The highest BCUT2D eigenvalue weighted by atomic mass is 16.8. The Balaban J connectivity index is 1.38. The van der Waals surface area contributed by atoms with Crippen LogP contribution in [0.3, 0.4) is 0 Å². The number of hydrogen-bond donors (Lipinski definition) is 0. The lowest BCUT2D eigenvalue weighted by Crippen LogP contribution is -2.44. The second kappa shape index (κ2) is 9.21. The number of rotatable bonds is 10. The molecular formula is C25H40O4. The topological polar surface area (TPSA) is 43.5 Å². The highest BCUT2D eigenvalue weighted by Crippen LogP contribution is 2.52. The molecule has 4 nitrogen and oxygen atoms in total. The quantitative estimate of drug-likeness (QED) is 0.357. The largest absolute Gasteiger partial charge is 0.347 e. The molecule has 4 rings (SSSR count). The zero-order chi connectivity index (χ0) is 20.4. The number of ether oxygens (including phenoxy) is 4. The molecule has 4 heteroatoms. The van der Waals surface area contributed by atoms with Crippen LogP contribution in [0.2, 0.25) is 0 Å². The Bertz CT molecular complexity index is 517. The van der Waals surface area contributed by atoms with Gasteiger partial charge in [0.05, 0.1) is 12.2 Å². The van der Waals surface area contributed by atoms with Crippen molar-refractivity contribution in [2.45, 2.75) is 90.0 Å². The Morgan fingerprint density at radius 3 is 1.55 bits per heavy atom.